The van der Waals surface area contributed by atoms with Crippen molar-refractivity contribution in [3.63, 3.8) is 0 Å². The zero-order valence-corrected chi connectivity index (χ0v) is 11.7. The normalized spacial score (nSPS) is 11.6. The molecule has 0 aliphatic carbocycles. The van der Waals surface area contributed by atoms with Crippen LogP contribution in [0.3, 0.4) is 0 Å². The Morgan fingerprint density at radius 1 is 1.00 bits per heavy atom. The molecule has 0 unspecified atom stereocenters. The fraction of sp³-hybridized carbons (Fsp3) is 0. The maximum absolute atomic E-state index is 9.29. The number of nitrogens with zero attached hydrogens (tertiary/aromatic N) is 1. The largest absolute Gasteiger partial charge is 0.192 e. The second-order valence-corrected chi connectivity index (χ2v) is 4.88. The van der Waals surface area contributed by atoms with Crippen molar-refractivity contribution >= 4 is 38.1 Å². The molecule has 0 aromatic heterocycles. The molecule has 18 heavy (non-hydrogen) atoms. The van der Waals surface area contributed by atoms with Crippen LogP contribution in [0.25, 0.3) is 10.6 Å². The first-order valence-corrected chi connectivity index (χ1v) is 6.51. The van der Waals surface area contributed by atoms with E-state index in [0.717, 1.165) is 15.6 Å². The summed E-state index contributed by atoms with van der Waals surface area (Å²) < 4.78 is 0.874. The molecular weight excluding hydrogens is 310 g/mol. The van der Waals surface area contributed by atoms with E-state index in [4.69, 9.17) is 11.6 Å². The van der Waals surface area contributed by atoms with Crippen LogP contribution in [0.15, 0.2) is 59.1 Å². The third-order valence-corrected chi connectivity index (χ3v) is 3.59. The van der Waals surface area contributed by atoms with E-state index in [1.165, 1.54) is 0 Å². The molecule has 0 amide bonds. The average molecular weight is 319 g/mol. The maximum atomic E-state index is 9.29. The van der Waals surface area contributed by atoms with Gasteiger partial charge in [0.15, 0.2) is 0 Å². The van der Waals surface area contributed by atoms with Crippen LogP contribution in [0.2, 0.25) is 0 Å². The molecule has 0 radical (unpaired) electrons. The van der Waals surface area contributed by atoms with E-state index >= 15 is 0 Å². The summed E-state index contributed by atoms with van der Waals surface area (Å²) in [6, 6.07) is 19.2. The standard InChI is InChI=1S/C15H9BrClN/c16-14-9-5-4-8-12(14)15(17)13(10-18)11-6-2-1-3-7-11/h1-9H. The summed E-state index contributed by atoms with van der Waals surface area (Å²) in [4.78, 5) is 0. The molecule has 0 bridgehead atoms. The summed E-state index contributed by atoms with van der Waals surface area (Å²) in [6.45, 7) is 0. The fourth-order valence-electron chi connectivity index (χ4n) is 1.62. The third-order valence-electron chi connectivity index (χ3n) is 2.50. The van der Waals surface area contributed by atoms with E-state index in [0.29, 0.717) is 10.6 Å². The monoisotopic (exact) mass is 317 g/mol. The van der Waals surface area contributed by atoms with E-state index in [1.54, 1.807) is 0 Å². The smallest absolute Gasteiger partial charge is 0.101 e. The predicted octanol–water partition coefficient (Wildman–Crippen LogP) is 5.08. The first kappa shape index (κ1) is 12.9. The lowest BCUT2D eigenvalue weighted by Gasteiger charge is -2.06. The Morgan fingerprint density at radius 2 is 1.61 bits per heavy atom. The molecule has 0 aliphatic heterocycles. The number of rotatable bonds is 2. The van der Waals surface area contributed by atoms with Gasteiger partial charge in [-0.05, 0) is 11.6 Å². The summed E-state index contributed by atoms with van der Waals surface area (Å²) in [5.41, 5.74) is 2.12. The molecule has 0 atom stereocenters. The van der Waals surface area contributed by atoms with E-state index < -0.39 is 0 Å². The maximum Gasteiger partial charge on any atom is 0.101 e. The Labute approximate surface area is 119 Å². The topological polar surface area (TPSA) is 23.8 Å². The van der Waals surface area contributed by atoms with Gasteiger partial charge in [0.05, 0.1) is 10.6 Å². The highest BCUT2D eigenvalue weighted by Crippen LogP contribution is 2.33. The van der Waals surface area contributed by atoms with Gasteiger partial charge in [0, 0.05) is 10.0 Å². The highest BCUT2D eigenvalue weighted by Gasteiger charge is 2.11. The van der Waals surface area contributed by atoms with E-state index in [1.807, 2.05) is 54.6 Å². The Bertz CT molecular complexity index is 626. The molecule has 0 heterocycles. The van der Waals surface area contributed by atoms with Gasteiger partial charge in [-0.3, -0.25) is 0 Å². The molecule has 0 fully saturated rings. The summed E-state index contributed by atoms with van der Waals surface area (Å²) >= 11 is 9.78. The van der Waals surface area contributed by atoms with Crippen LogP contribution < -0.4 is 0 Å². The zero-order chi connectivity index (χ0) is 13.0. The minimum absolute atomic E-state index is 0.455. The molecule has 0 saturated carbocycles. The van der Waals surface area contributed by atoms with Gasteiger partial charge in [-0.1, -0.05) is 76.1 Å². The molecule has 2 rings (SSSR count). The molecule has 0 saturated heterocycles. The number of allylic oxidation sites excluding steroid dienone is 1. The van der Waals surface area contributed by atoms with Gasteiger partial charge >= 0.3 is 0 Å². The van der Waals surface area contributed by atoms with Gasteiger partial charge in [0.1, 0.15) is 6.07 Å². The summed E-state index contributed by atoms with van der Waals surface area (Å²) in [7, 11) is 0. The highest BCUT2D eigenvalue weighted by atomic mass is 79.9. The van der Waals surface area contributed by atoms with Crippen molar-refractivity contribution in [3.05, 3.63) is 70.2 Å². The van der Waals surface area contributed by atoms with Crippen molar-refractivity contribution in [1.29, 1.82) is 5.26 Å². The van der Waals surface area contributed by atoms with Crippen molar-refractivity contribution in [1.82, 2.24) is 0 Å². The van der Waals surface area contributed by atoms with Crippen LogP contribution in [0.4, 0.5) is 0 Å². The van der Waals surface area contributed by atoms with Crippen molar-refractivity contribution in [2.24, 2.45) is 0 Å². The first-order valence-electron chi connectivity index (χ1n) is 5.34. The van der Waals surface area contributed by atoms with Crippen LogP contribution in [0.5, 0.6) is 0 Å². The van der Waals surface area contributed by atoms with E-state index in [9.17, 15) is 5.26 Å². The molecule has 0 spiro atoms. The molecule has 2 aromatic rings. The number of halogens is 2. The number of hydrogen-bond acceptors (Lipinski definition) is 1. The van der Waals surface area contributed by atoms with Gasteiger partial charge < -0.3 is 0 Å². The third kappa shape index (κ3) is 2.64. The van der Waals surface area contributed by atoms with E-state index in [-0.39, 0.29) is 0 Å². The lowest BCUT2D eigenvalue weighted by Crippen LogP contribution is -1.87. The second-order valence-electron chi connectivity index (χ2n) is 3.65. The summed E-state index contributed by atoms with van der Waals surface area (Å²) in [6.07, 6.45) is 0. The molecular formula is C15H9BrClN. The number of hydrogen-bond donors (Lipinski definition) is 0. The average Bonchev–Trinajstić information content (AvgIpc) is 2.41. The lowest BCUT2D eigenvalue weighted by molar-refractivity contribution is 1.52. The quantitative estimate of drug-likeness (QED) is 0.559. The molecule has 0 N–H and O–H groups in total. The summed E-state index contributed by atoms with van der Waals surface area (Å²) in [5.74, 6) is 0. The van der Waals surface area contributed by atoms with Crippen LogP contribution in [0.1, 0.15) is 11.1 Å². The van der Waals surface area contributed by atoms with Crippen molar-refractivity contribution in [2.45, 2.75) is 0 Å². The van der Waals surface area contributed by atoms with Gasteiger partial charge in [-0.2, -0.15) is 5.26 Å². The van der Waals surface area contributed by atoms with Crippen LogP contribution >= 0.6 is 27.5 Å². The SMILES string of the molecule is N#CC(=C(Cl)c1ccccc1Br)c1ccccc1. The van der Waals surface area contributed by atoms with Crippen LogP contribution in [0, 0.1) is 11.3 Å². The Kier molecular flexibility index (Phi) is 4.19. The summed E-state index contributed by atoms with van der Waals surface area (Å²) in [5, 5.41) is 9.75. The lowest BCUT2D eigenvalue weighted by atomic mass is 10.0. The highest BCUT2D eigenvalue weighted by molar-refractivity contribution is 9.10. The predicted molar refractivity (Wildman–Crippen MR) is 78.9 cm³/mol. The minimum atomic E-state index is 0.455. The minimum Gasteiger partial charge on any atom is -0.192 e. The molecule has 1 nitrogen and oxygen atoms in total. The Balaban J connectivity index is 2.59. The van der Waals surface area contributed by atoms with Crippen molar-refractivity contribution in [3.8, 4) is 6.07 Å². The first-order chi connectivity index (χ1) is 8.74. The molecule has 0 aliphatic rings. The van der Waals surface area contributed by atoms with Crippen LogP contribution in [-0.4, -0.2) is 0 Å². The Hall–Kier alpha value is -1.56. The molecule has 3 heteroatoms. The van der Waals surface area contributed by atoms with Crippen molar-refractivity contribution in [2.75, 3.05) is 0 Å². The van der Waals surface area contributed by atoms with Crippen LogP contribution in [-0.2, 0) is 0 Å². The van der Waals surface area contributed by atoms with Crippen molar-refractivity contribution < 1.29 is 0 Å². The number of nitriles is 1. The van der Waals surface area contributed by atoms with E-state index in [2.05, 4.69) is 22.0 Å². The van der Waals surface area contributed by atoms with Gasteiger partial charge in [0.25, 0.3) is 0 Å². The number of benzene rings is 2. The van der Waals surface area contributed by atoms with Gasteiger partial charge in [-0.15, -0.1) is 0 Å². The Morgan fingerprint density at radius 3 is 2.22 bits per heavy atom. The fourth-order valence-corrected chi connectivity index (χ4v) is 2.53. The molecule has 2 aromatic carbocycles. The van der Waals surface area contributed by atoms with Gasteiger partial charge in [0.2, 0.25) is 0 Å². The van der Waals surface area contributed by atoms with Gasteiger partial charge in [-0.25, -0.2) is 0 Å². The zero-order valence-electron chi connectivity index (χ0n) is 9.40. The second kappa shape index (κ2) is 5.86. The molecule has 88 valence electrons.